The van der Waals surface area contributed by atoms with Crippen LogP contribution in [0, 0.1) is 6.92 Å². The van der Waals surface area contributed by atoms with E-state index in [0.717, 1.165) is 44.1 Å². The van der Waals surface area contributed by atoms with Crippen molar-refractivity contribution in [2.45, 2.75) is 51.9 Å². The molecule has 0 aliphatic carbocycles. The highest BCUT2D eigenvalue weighted by Crippen LogP contribution is 2.27. The molecule has 2 atom stereocenters. The Morgan fingerprint density at radius 3 is 3.19 bits per heavy atom. The molecule has 3 heterocycles. The average Bonchev–Trinajstić information content (AvgIpc) is 3.14. The predicted octanol–water partition coefficient (Wildman–Crippen LogP) is 1.94. The summed E-state index contributed by atoms with van der Waals surface area (Å²) in [6.07, 6.45) is 7.98. The summed E-state index contributed by atoms with van der Waals surface area (Å²) in [5, 5.41) is 10.7. The molecule has 1 aliphatic heterocycles. The van der Waals surface area contributed by atoms with Crippen molar-refractivity contribution in [3.05, 3.63) is 35.7 Å². The Morgan fingerprint density at radius 1 is 1.52 bits per heavy atom. The molecule has 1 saturated heterocycles. The maximum absolute atomic E-state index is 6.01. The van der Waals surface area contributed by atoms with Gasteiger partial charge < -0.3 is 14.6 Å². The van der Waals surface area contributed by atoms with Gasteiger partial charge in [0.25, 0.3) is 0 Å². The minimum Gasteiger partial charge on any atom is -0.369 e. The van der Waals surface area contributed by atoms with Crippen LogP contribution < -0.4 is 5.32 Å². The first kappa shape index (κ1) is 14.3. The van der Waals surface area contributed by atoms with Gasteiger partial charge in [0.1, 0.15) is 11.9 Å². The summed E-state index contributed by atoms with van der Waals surface area (Å²) in [6, 6.07) is 0.292. The molecule has 2 aromatic heterocycles. The molecule has 114 valence electrons. The van der Waals surface area contributed by atoms with E-state index in [-0.39, 0.29) is 6.10 Å². The molecule has 0 unspecified atom stereocenters. The van der Waals surface area contributed by atoms with Crippen LogP contribution in [0.4, 0.5) is 0 Å². The normalized spacial score (nSPS) is 22.6. The highest BCUT2D eigenvalue weighted by atomic mass is 16.5. The highest BCUT2D eigenvalue weighted by molar-refractivity contribution is 5.14. The van der Waals surface area contributed by atoms with Crippen LogP contribution in [0.5, 0.6) is 0 Å². The molecule has 0 aromatic carbocycles. The maximum Gasteiger partial charge on any atom is 0.139 e. The number of imidazole rings is 1. The number of hydrogen-bond donors (Lipinski definition) is 2. The fourth-order valence-corrected chi connectivity index (χ4v) is 2.88. The van der Waals surface area contributed by atoms with Gasteiger partial charge in [0, 0.05) is 49.4 Å². The summed E-state index contributed by atoms with van der Waals surface area (Å²) < 4.78 is 8.17. The highest BCUT2D eigenvalue weighted by Gasteiger charge is 2.30. The molecule has 2 N–H and O–H groups in total. The van der Waals surface area contributed by atoms with Crippen LogP contribution in [0.2, 0.25) is 0 Å². The smallest absolute Gasteiger partial charge is 0.139 e. The molecular formula is C15H23N5O. The van der Waals surface area contributed by atoms with Gasteiger partial charge in [0.05, 0.1) is 6.20 Å². The third-order valence-electron chi connectivity index (χ3n) is 4.15. The van der Waals surface area contributed by atoms with Gasteiger partial charge in [-0.2, -0.15) is 5.10 Å². The third-order valence-corrected chi connectivity index (χ3v) is 4.15. The minimum absolute atomic E-state index is 0.0286. The van der Waals surface area contributed by atoms with Crippen molar-refractivity contribution >= 4 is 0 Å². The predicted molar refractivity (Wildman–Crippen MR) is 79.8 cm³/mol. The molecule has 0 bridgehead atoms. The van der Waals surface area contributed by atoms with Crippen molar-refractivity contribution in [3.63, 3.8) is 0 Å². The number of aromatic amines is 1. The lowest BCUT2D eigenvalue weighted by Crippen LogP contribution is -2.40. The van der Waals surface area contributed by atoms with Crippen molar-refractivity contribution in [3.8, 4) is 0 Å². The molecule has 1 fully saturated rings. The van der Waals surface area contributed by atoms with Crippen molar-refractivity contribution in [2.75, 3.05) is 6.61 Å². The molecule has 1 aliphatic rings. The zero-order valence-electron chi connectivity index (χ0n) is 12.7. The Kier molecular flexibility index (Phi) is 4.36. The standard InChI is InChI=1S/C15H23N5O/c1-3-20-7-6-16-15(20)14-13(5-4-8-21-14)17-9-12-10-18-19-11(12)2/h6-7,10,13-14,17H,3-5,8-9H2,1-2H3,(H,18,19)/t13-,14-/m0/s1. The zero-order valence-corrected chi connectivity index (χ0v) is 12.7. The Hall–Kier alpha value is -1.66. The topological polar surface area (TPSA) is 67.8 Å². The average molecular weight is 289 g/mol. The molecule has 0 spiro atoms. The summed E-state index contributed by atoms with van der Waals surface area (Å²) in [7, 11) is 0. The maximum atomic E-state index is 6.01. The quantitative estimate of drug-likeness (QED) is 0.883. The van der Waals surface area contributed by atoms with E-state index in [9.17, 15) is 0 Å². The lowest BCUT2D eigenvalue weighted by molar-refractivity contribution is -0.0182. The van der Waals surface area contributed by atoms with E-state index < -0.39 is 0 Å². The molecule has 0 radical (unpaired) electrons. The van der Waals surface area contributed by atoms with Crippen LogP contribution in [-0.4, -0.2) is 32.4 Å². The summed E-state index contributed by atoms with van der Waals surface area (Å²) in [4.78, 5) is 4.50. The first-order chi connectivity index (χ1) is 10.3. The molecule has 6 heteroatoms. The Morgan fingerprint density at radius 2 is 2.43 bits per heavy atom. The number of ether oxygens (including phenoxy) is 1. The van der Waals surface area contributed by atoms with Gasteiger partial charge in [-0.05, 0) is 26.7 Å². The van der Waals surface area contributed by atoms with Gasteiger partial charge in [-0.3, -0.25) is 5.10 Å². The second-order valence-electron chi connectivity index (χ2n) is 5.51. The lowest BCUT2D eigenvalue weighted by atomic mass is 10.0. The third kappa shape index (κ3) is 3.01. The number of H-pyrrole nitrogens is 1. The fraction of sp³-hybridized carbons (Fsp3) is 0.600. The lowest BCUT2D eigenvalue weighted by Gasteiger charge is -2.32. The van der Waals surface area contributed by atoms with Crippen molar-refractivity contribution < 1.29 is 4.74 Å². The summed E-state index contributed by atoms with van der Waals surface area (Å²) in [5.74, 6) is 1.03. The van der Waals surface area contributed by atoms with E-state index in [1.807, 2.05) is 25.5 Å². The van der Waals surface area contributed by atoms with Crippen molar-refractivity contribution in [2.24, 2.45) is 0 Å². The second kappa shape index (κ2) is 6.41. The number of rotatable bonds is 5. The van der Waals surface area contributed by atoms with Crippen LogP contribution in [0.1, 0.15) is 43.0 Å². The number of aromatic nitrogens is 4. The van der Waals surface area contributed by atoms with Gasteiger partial charge in [0.15, 0.2) is 0 Å². The van der Waals surface area contributed by atoms with Gasteiger partial charge >= 0.3 is 0 Å². The SMILES string of the molecule is CCn1ccnc1[C@H]1OCCC[C@@H]1NCc1cn[nH]c1C. The summed E-state index contributed by atoms with van der Waals surface area (Å²) >= 11 is 0. The van der Waals surface area contributed by atoms with E-state index in [1.54, 1.807) is 0 Å². The molecule has 21 heavy (non-hydrogen) atoms. The van der Waals surface area contributed by atoms with E-state index in [1.165, 1.54) is 5.56 Å². The molecule has 3 rings (SSSR count). The largest absolute Gasteiger partial charge is 0.369 e. The van der Waals surface area contributed by atoms with Gasteiger partial charge in [-0.25, -0.2) is 4.98 Å². The summed E-state index contributed by atoms with van der Waals surface area (Å²) in [6.45, 7) is 6.71. The molecule has 2 aromatic rings. The van der Waals surface area contributed by atoms with Crippen LogP contribution in [-0.2, 0) is 17.8 Å². The van der Waals surface area contributed by atoms with Crippen molar-refractivity contribution in [1.29, 1.82) is 0 Å². The van der Waals surface area contributed by atoms with E-state index in [0.29, 0.717) is 6.04 Å². The minimum atomic E-state index is 0.0286. The molecule has 6 nitrogen and oxygen atoms in total. The zero-order chi connectivity index (χ0) is 14.7. The second-order valence-corrected chi connectivity index (χ2v) is 5.51. The van der Waals surface area contributed by atoms with E-state index >= 15 is 0 Å². The first-order valence-corrected chi connectivity index (χ1v) is 7.64. The molecular weight excluding hydrogens is 266 g/mol. The summed E-state index contributed by atoms with van der Waals surface area (Å²) in [5.41, 5.74) is 2.32. The Labute approximate surface area is 124 Å². The van der Waals surface area contributed by atoms with Gasteiger partial charge in [-0.1, -0.05) is 0 Å². The number of aryl methyl sites for hydroxylation is 2. The number of nitrogens with zero attached hydrogens (tertiary/aromatic N) is 3. The van der Waals surface area contributed by atoms with Gasteiger partial charge in [-0.15, -0.1) is 0 Å². The van der Waals surface area contributed by atoms with E-state index in [4.69, 9.17) is 4.74 Å². The Bertz CT molecular complexity index is 576. The monoisotopic (exact) mass is 289 g/mol. The van der Waals surface area contributed by atoms with Crippen LogP contribution in [0.25, 0.3) is 0 Å². The number of hydrogen-bond acceptors (Lipinski definition) is 4. The molecule has 0 saturated carbocycles. The first-order valence-electron chi connectivity index (χ1n) is 7.64. The Balaban J connectivity index is 1.71. The van der Waals surface area contributed by atoms with Crippen molar-refractivity contribution in [1.82, 2.24) is 25.1 Å². The van der Waals surface area contributed by atoms with Crippen LogP contribution in [0.15, 0.2) is 18.6 Å². The fourth-order valence-electron chi connectivity index (χ4n) is 2.88. The van der Waals surface area contributed by atoms with Gasteiger partial charge in [0.2, 0.25) is 0 Å². The van der Waals surface area contributed by atoms with Crippen LogP contribution in [0.3, 0.4) is 0 Å². The van der Waals surface area contributed by atoms with E-state index in [2.05, 4.69) is 32.0 Å². The molecule has 0 amide bonds. The number of nitrogens with one attached hydrogen (secondary N) is 2. The van der Waals surface area contributed by atoms with Crippen LogP contribution >= 0.6 is 0 Å².